The van der Waals surface area contributed by atoms with Gasteiger partial charge in [0.25, 0.3) is 5.91 Å². The molecule has 1 aliphatic heterocycles. The number of anilines is 2. The van der Waals surface area contributed by atoms with E-state index in [1.165, 1.54) is 13.4 Å². The third-order valence-electron chi connectivity index (χ3n) is 4.78. The summed E-state index contributed by atoms with van der Waals surface area (Å²) in [6, 6.07) is 12.0. The first-order valence-electron chi connectivity index (χ1n) is 9.51. The van der Waals surface area contributed by atoms with Crippen molar-refractivity contribution in [2.75, 3.05) is 31.5 Å². The van der Waals surface area contributed by atoms with Crippen LogP contribution in [-0.2, 0) is 9.59 Å². The Kier molecular flexibility index (Phi) is 5.69. The molecule has 2 aromatic carbocycles. The second-order valence-electron chi connectivity index (χ2n) is 6.78. The third kappa shape index (κ3) is 4.42. The summed E-state index contributed by atoms with van der Waals surface area (Å²) in [4.78, 5) is 28.3. The minimum Gasteiger partial charge on any atom is -0.497 e. The summed E-state index contributed by atoms with van der Waals surface area (Å²) in [6.45, 7) is -0.202. The molecular formula is C21H21N5O5. The number of benzene rings is 2. The van der Waals surface area contributed by atoms with E-state index >= 15 is 0 Å². The van der Waals surface area contributed by atoms with Crippen LogP contribution in [0, 0.1) is 0 Å². The van der Waals surface area contributed by atoms with Gasteiger partial charge in [0.2, 0.25) is 11.9 Å². The summed E-state index contributed by atoms with van der Waals surface area (Å²) in [5, 5.41) is 9.63. The second-order valence-corrected chi connectivity index (χ2v) is 6.78. The quantitative estimate of drug-likeness (QED) is 0.599. The number of ether oxygens (including phenoxy) is 3. The highest BCUT2D eigenvalue weighted by Gasteiger charge is 2.28. The number of hydrogen-bond acceptors (Lipinski definition) is 7. The van der Waals surface area contributed by atoms with Crippen LogP contribution in [0.3, 0.4) is 0 Å². The van der Waals surface area contributed by atoms with Crippen LogP contribution in [-0.4, -0.2) is 47.4 Å². The van der Waals surface area contributed by atoms with Crippen LogP contribution >= 0.6 is 0 Å². The van der Waals surface area contributed by atoms with E-state index in [0.29, 0.717) is 28.9 Å². The molecule has 0 fully saturated rings. The Bertz CT molecular complexity index is 1110. The normalized spacial score (nSPS) is 14.9. The van der Waals surface area contributed by atoms with Gasteiger partial charge >= 0.3 is 0 Å². The van der Waals surface area contributed by atoms with Crippen molar-refractivity contribution in [3.05, 3.63) is 54.4 Å². The minimum atomic E-state index is -0.324. The van der Waals surface area contributed by atoms with Crippen LogP contribution < -0.4 is 24.8 Å². The average Bonchev–Trinajstić information content (AvgIpc) is 3.25. The highest BCUT2D eigenvalue weighted by atomic mass is 16.5. The average molecular weight is 423 g/mol. The van der Waals surface area contributed by atoms with Gasteiger partial charge in [-0.2, -0.15) is 10.1 Å². The lowest BCUT2D eigenvalue weighted by Gasteiger charge is -2.24. The molecule has 0 bridgehead atoms. The number of amides is 2. The number of aromatic nitrogens is 3. The molecule has 3 aromatic rings. The van der Waals surface area contributed by atoms with Gasteiger partial charge in [-0.25, -0.2) is 4.68 Å². The number of nitrogens with zero attached hydrogens (tertiary/aromatic N) is 3. The summed E-state index contributed by atoms with van der Waals surface area (Å²) in [5.41, 5.74) is 1.42. The maximum Gasteiger partial charge on any atom is 0.262 e. The van der Waals surface area contributed by atoms with Gasteiger partial charge in [0.15, 0.2) is 18.1 Å². The van der Waals surface area contributed by atoms with Gasteiger partial charge in [-0.15, -0.1) is 0 Å². The zero-order valence-corrected chi connectivity index (χ0v) is 17.0. The summed E-state index contributed by atoms with van der Waals surface area (Å²) < 4.78 is 17.9. The Balaban J connectivity index is 1.45. The highest BCUT2D eigenvalue weighted by Crippen LogP contribution is 2.35. The third-order valence-corrected chi connectivity index (χ3v) is 4.78. The van der Waals surface area contributed by atoms with Crippen molar-refractivity contribution < 1.29 is 23.8 Å². The lowest BCUT2D eigenvalue weighted by Crippen LogP contribution is -2.29. The maximum absolute atomic E-state index is 12.3. The molecule has 0 saturated carbocycles. The molecule has 160 valence electrons. The van der Waals surface area contributed by atoms with Gasteiger partial charge in [-0.3, -0.25) is 14.9 Å². The Morgan fingerprint density at radius 2 is 2.06 bits per heavy atom. The summed E-state index contributed by atoms with van der Waals surface area (Å²) in [7, 11) is 3.07. The number of hydrogen-bond donors (Lipinski definition) is 2. The predicted octanol–water partition coefficient (Wildman–Crippen LogP) is 2.24. The first kappa shape index (κ1) is 20.2. The molecule has 2 amide bonds. The van der Waals surface area contributed by atoms with Crippen molar-refractivity contribution in [3.63, 3.8) is 0 Å². The smallest absolute Gasteiger partial charge is 0.262 e. The van der Waals surface area contributed by atoms with Gasteiger partial charge in [0.05, 0.1) is 26.7 Å². The van der Waals surface area contributed by atoms with Crippen molar-refractivity contribution in [2.24, 2.45) is 0 Å². The van der Waals surface area contributed by atoms with Crippen molar-refractivity contribution in [1.82, 2.24) is 14.8 Å². The molecular weight excluding hydrogens is 402 g/mol. The molecule has 1 aliphatic rings. The van der Waals surface area contributed by atoms with E-state index in [2.05, 4.69) is 20.7 Å². The molecule has 4 rings (SSSR count). The Labute approximate surface area is 178 Å². The summed E-state index contributed by atoms with van der Waals surface area (Å²) in [6.07, 6.45) is 1.62. The van der Waals surface area contributed by atoms with Crippen molar-refractivity contribution >= 4 is 23.5 Å². The van der Waals surface area contributed by atoms with Gasteiger partial charge in [-0.1, -0.05) is 12.1 Å². The van der Waals surface area contributed by atoms with E-state index in [1.807, 2.05) is 6.07 Å². The molecule has 0 spiro atoms. The van der Waals surface area contributed by atoms with Gasteiger partial charge < -0.3 is 19.5 Å². The largest absolute Gasteiger partial charge is 0.497 e. The first-order valence-corrected chi connectivity index (χ1v) is 9.51. The molecule has 0 aliphatic carbocycles. The summed E-state index contributed by atoms with van der Waals surface area (Å²) in [5.74, 6) is 1.43. The zero-order chi connectivity index (χ0) is 21.8. The van der Waals surface area contributed by atoms with E-state index in [4.69, 9.17) is 14.2 Å². The minimum absolute atomic E-state index is 0.140. The molecule has 0 unspecified atom stereocenters. The number of fused-ring (bicyclic) bond motifs is 1. The molecule has 10 heteroatoms. The Hall–Kier alpha value is -4.08. The topological polar surface area (TPSA) is 117 Å². The fraction of sp³-hybridized carbons (Fsp3) is 0.238. The van der Waals surface area contributed by atoms with Crippen LogP contribution in [0.2, 0.25) is 0 Å². The molecule has 1 atom stereocenters. The van der Waals surface area contributed by atoms with Crippen molar-refractivity contribution in [3.8, 4) is 17.2 Å². The number of carbonyl (C=O) groups excluding carboxylic acids is 2. The predicted molar refractivity (Wildman–Crippen MR) is 112 cm³/mol. The van der Waals surface area contributed by atoms with E-state index in [9.17, 15) is 9.59 Å². The number of nitrogens with one attached hydrogen (secondary N) is 2. The molecule has 31 heavy (non-hydrogen) atoms. The SMILES string of the molecule is COc1cccc(NC(=O)COc2ccc([C@H]3CC(=O)Nc4ncnn43)cc2OC)c1. The molecule has 1 aromatic heterocycles. The van der Waals surface area contributed by atoms with Gasteiger partial charge in [-0.05, 0) is 29.8 Å². The van der Waals surface area contributed by atoms with Gasteiger partial charge in [0.1, 0.15) is 12.1 Å². The van der Waals surface area contributed by atoms with E-state index in [1.54, 1.807) is 48.2 Å². The molecule has 10 nitrogen and oxygen atoms in total. The molecule has 0 saturated heterocycles. The van der Waals surface area contributed by atoms with Crippen LogP contribution in [0.15, 0.2) is 48.8 Å². The van der Waals surface area contributed by atoms with Crippen molar-refractivity contribution in [2.45, 2.75) is 12.5 Å². The molecule has 2 heterocycles. The van der Waals surface area contributed by atoms with Gasteiger partial charge in [0, 0.05) is 11.8 Å². The number of carbonyl (C=O) groups is 2. The molecule has 2 N–H and O–H groups in total. The van der Waals surface area contributed by atoms with Crippen LogP contribution in [0.25, 0.3) is 0 Å². The maximum atomic E-state index is 12.3. The van der Waals surface area contributed by atoms with E-state index in [-0.39, 0.29) is 30.9 Å². The lowest BCUT2D eigenvalue weighted by molar-refractivity contribution is -0.118. The second kappa shape index (κ2) is 8.74. The number of methoxy groups -OCH3 is 2. The van der Waals surface area contributed by atoms with Crippen LogP contribution in [0.4, 0.5) is 11.6 Å². The van der Waals surface area contributed by atoms with Crippen molar-refractivity contribution in [1.29, 1.82) is 0 Å². The zero-order valence-electron chi connectivity index (χ0n) is 17.0. The summed E-state index contributed by atoms with van der Waals surface area (Å²) >= 11 is 0. The number of rotatable bonds is 7. The fourth-order valence-corrected chi connectivity index (χ4v) is 3.32. The molecule has 0 radical (unpaired) electrons. The highest BCUT2D eigenvalue weighted by molar-refractivity contribution is 5.92. The van der Waals surface area contributed by atoms with E-state index in [0.717, 1.165) is 5.56 Å². The van der Waals surface area contributed by atoms with E-state index < -0.39 is 0 Å². The monoisotopic (exact) mass is 423 g/mol. The lowest BCUT2D eigenvalue weighted by atomic mass is 10.0. The van der Waals surface area contributed by atoms with Crippen LogP contribution in [0.5, 0.6) is 17.2 Å². The Morgan fingerprint density at radius 1 is 1.19 bits per heavy atom. The Morgan fingerprint density at radius 3 is 2.87 bits per heavy atom. The van der Waals surface area contributed by atoms with Crippen LogP contribution in [0.1, 0.15) is 18.0 Å². The first-order chi connectivity index (χ1) is 15.1. The standard InChI is InChI=1S/C21H21N5O5/c1-29-15-5-3-4-14(9-15)24-20(28)11-31-17-7-6-13(8-18(17)30-2)16-10-19(27)25-21-22-12-23-26(16)21/h3-9,12,16H,10-11H2,1-2H3,(H,24,28)(H,22,23,25,27)/t16-/m1/s1. The fourth-order valence-electron chi connectivity index (χ4n) is 3.32.